The summed E-state index contributed by atoms with van der Waals surface area (Å²) < 4.78 is 7.07. The van der Waals surface area contributed by atoms with Gasteiger partial charge >= 0.3 is 0 Å². The lowest BCUT2D eigenvalue weighted by atomic mass is 10.1. The topological polar surface area (TPSA) is 64.3 Å². The minimum Gasteiger partial charge on any atom is -0.497 e. The SMILES string of the molecule is COc1ccc2cc(CNc3ccc4nnc(-c5ccsc5)n4n3)ccc2c1. The summed E-state index contributed by atoms with van der Waals surface area (Å²) in [5, 5.41) is 22.9. The van der Waals surface area contributed by atoms with Gasteiger partial charge in [-0.1, -0.05) is 18.2 Å². The Hall–Kier alpha value is -3.45. The van der Waals surface area contributed by atoms with Gasteiger partial charge in [-0.05, 0) is 58.1 Å². The smallest absolute Gasteiger partial charge is 0.186 e. The van der Waals surface area contributed by atoms with Crippen molar-refractivity contribution in [3.05, 3.63) is 70.9 Å². The molecule has 0 aliphatic heterocycles. The molecule has 0 radical (unpaired) electrons. The Morgan fingerprint density at radius 2 is 1.89 bits per heavy atom. The van der Waals surface area contributed by atoms with Crippen molar-refractivity contribution in [3.63, 3.8) is 0 Å². The Kier molecular flexibility index (Phi) is 4.14. The van der Waals surface area contributed by atoms with Crippen LogP contribution in [0.15, 0.2) is 65.4 Å². The molecule has 138 valence electrons. The lowest BCUT2D eigenvalue weighted by molar-refractivity contribution is 0.415. The number of hydrogen-bond acceptors (Lipinski definition) is 6. The number of methoxy groups -OCH3 is 1. The van der Waals surface area contributed by atoms with Crippen LogP contribution in [-0.4, -0.2) is 26.9 Å². The van der Waals surface area contributed by atoms with Gasteiger partial charge in [-0.3, -0.25) is 0 Å². The number of benzene rings is 2. The average molecular weight is 387 g/mol. The summed E-state index contributed by atoms with van der Waals surface area (Å²) in [4.78, 5) is 0. The molecule has 0 saturated heterocycles. The number of aromatic nitrogens is 4. The third-order valence-corrected chi connectivity index (χ3v) is 5.31. The first-order chi connectivity index (χ1) is 13.8. The first-order valence-corrected chi connectivity index (χ1v) is 9.80. The van der Waals surface area contributed by atoms with E-state index >= 15 is 0 Å². The van der Waals surface area contributed by atoms with Crippen LogP contribution in [0, 0.1) is 0 Å². The molecule has 5 aromatic rings. The predicted octanol–water partition coefficient (Wildman–Crippen LogP) is 4.63. The van der Waals surface area contributed by atoms with Gasteiger partial charge in [-0.15, -0.1) is 15.3 Å². The van der Waals surface area contributed by atoms with Crippen LogP contribution in [0.3, 0.4) is 0 Å². The van der Waals surface area contributed by atoms with Gasteiger partial charge < -0.3 is 10.1 Å². The fourth-order valence-corrected chi connectivity index (χ4v) is 3.79. The van der Waals surface area contributed by atoms with Gasteiger partial charge in [-0.25, -0.2) is 0 Å². The van der Waals surface area contributed by atoms with E-state index in [1.54, 1.807) is 23.0 Å². The van der Waals surface area contributed by atoms with Crippen LogP contribution >= 0.6 is 11.3 Å². The Morgan fingerprint density at radius 1 is 1.00 bits per heavy atom. The summed E-state index contributed by atoms with van der Waals surface area (Å²) in [6.45, 7) is 0.677. The van der Waals surface area contributed by atoms with Crippen LogP contribution in [-0.2, 0) is 6.54 Å². The number of rotatable bonds is 5. The fraction of sp³-hybridized carbons (Fsp3) is 0.0952. The summed E-state index contributed by atoms with van der Waals surface area (Å²) in [6, 6.07) is 18.4. The van der Waals surface area contributed by atoms with Crippen molar-refractivity contribution in [2.24, 2.45) is 0 Å². The van der Waals surface area contributed by atoms with Gasteiger partial charge in [0.2, 0.25) is 0 Å². The molecule has 0 bridgehead atoms. The Labute approximate surface area is 165 Å². The first-order valence-electron chi connectivity index (χ1n) is 8.86. The monoisotopic (exact) mass is 387 g/mol. The van der Waals surface area contributed by atoms with Crippen molar-refractivity contribution in [3.8, 4) is 17.1 Å². The van der Waals surface area contributed by atoms with Gasteiger partial charge in [0, 0.05) is 17.5 Å². The third kappa shape index (κ3) is 3.05. The molecule has 3 heterocycles. The zero-order valence-corrected chi connectivity index (χ0v) is 16.0. The molecule has 0 aliphatic carbocycles. The van der Waals surface area contributed by atoms with Crippen molar-refractivity contribution in [1.82, 2.24) is 19.8 Å². The highest BCUT2D eigenvalue weighted by Gasteiger charge is 2.10. The minimum absolute atomic E-state index is 0.677. The predicted molar refractivity (Wildman–Crippen MR) is 112 cm³/mol. The molecule has 0 spiro atoms. The van der Waals surface area contributed by atoms with Crippen LogP contribution in [0.4, 0.5) is 5.82 Å². The van der Waals surface area contributed by atoms with Gasteiger partial charge in [0.1, 0.15) is 11.6 Å². The Morgan fingerprint density at radius 3 is 2.75 bits per heavy atom. The second-order valence-corrected chi connectivity index (χ2v) is 7.21. The maximum absolute atomic E-state index is 5.29. The molecule has 0 saturated carbocycles. The van der Waals surface area contributed by atoms with Gasteiger partial charge in [0.05, 0.1) is 7.11 Å². The molecule has 6 nitrogen and oxygen atoms in total. The van der Waals surface area contributed by atoms with Crippen molar-refractivity contribution < 1.29 is 4.74 Å². The molecule has 0 atom stereocenters. The van der Waals surface area contributed by atoms with E-state index < -0.39 is 0 Å². The Balaban J connectivity index is 1.39. The summed E-state index contributed by atoms with van der Waals surface area (Å²) in [7, 11) is 1.68. The number of anilines is 1. The Bertz CT molecular complexity index is 1260. The number of ether oxygens (including phenoxy) is 1. The molecule has 0 amide bonds. The van der Waals surface area contributed by atoms with Crippen LogP contribution in [0.2, 0.25) is 0 Å². The van der Waals surface area contributed by atoms with E-state index in [2.05, 4.69) is 44.9 Å². The highest BCUT2D eigenvalue weighted by Crippen LogP contribution is 2.23. The van der Waals surface area contributed by atoms with E-state index in [0.717, 1.165) is 34.0 Å². The molecular formula is C21H17N5OS. The molecular weight excluding hydrogens is 370 g/mol. The van der Waals surface area contributed by atoms with Crippen molar-refractivity contribution in [1.29, 1.82) is 0 Å². The number of nitrogens with one attached hydrogen (secondary N) is 1. The van der Waals surface area contributed by atoms with Crippen molar-refractivity contribution in [2.45, 2.75) is 6.54 Å². The molecule has 28 heavy (non-hydrogen) atoms. The first kappa shape index (κ1) is 16.7. The number of hydrogen-bond donors (Lipinski definition) is 1. The molecule has 0 unspecified atom stereocenters. The second-order valence-electron chi connectivity index (χ2n) is 6.43. The summed E-state index contributed by atoms with van der Waals surface area (Å²) in [5.74, 6) is 2.39. The number of thiophene rings is 1. The van der Waals surface area contributed by atoms with Crippen LogP contribution in [0.5, 0.6) is 5.75 Å². The molecule has 7 heteroatoms. The molecule has 3 aromatic heterocycles. The van der Waals surface area contributed by atoms with Gasteiger partial charge in [0.15, 0.2) is 11.5 Å². The quantitative estimate of drug-likeness (QED) is 0.476. The molecule has 5 rings (SSSR count). The summed E-state index contributed by atoms with van der Waals surface area (Å²) in [5.41, 5.74) is 2.93. The molecule has 1 N–H and O–H groups in total. The van der Waals surface area contributed by atoms with E-state index in [0.29, 0.717) is 6.54 Å². The summed E-state index contributed by atoms with van der Waals surface area (Å²) >= 11 is 1.63. The van der Waals surface area contributed by atoms with E-state index in [4.69, 9.17) is 4.74 Å². The maximum atomic E-state index is 5.29. The highest BCUT2D eigenvalue weighted by atomic mass is 32.1. The van der Waals surface area contributed by atoms with E-state index in [9.17, 15) is 0 Å². The van der Waals surface area contributed by atoms with Crippen LogP contribution in [0.25, 0.3) is 27.8 Å². The van der Waals surface area contributed by atoms with Gasteiger partial charge in [-0.2, -0.15) is 15.9 Å². The number of nitrogens with zero attached hydrogens (tertiary/aromatic N) is 4. The largest absolute Gasteiger partial charge is 0.497 e. The highest BCUT2D eigenvalue weighted by molar-refractivity contribution is 7.08. The molecule has 0 aliphatic rings. The lowest BCUT2D eigenvalue weighted by Crippen LogP contribution is -2.04. The van der Waals surface area contributed by atoms with E-state index in [1.165, 1.54) is 10.9 Å². The van der Waals surface area contributed by atoms with E-state index in [1.807, 2.05) is 41.1 Å². The summed E-state index contributed by atoms with van der Waals surface area (Å²) in [6.07, 6.45) is 0. The fourth-order valence-electron chi connectivity index (χ4n) is 3.16. The normalized spacial score (nSPS) is 11.2. The number of fused-ring (bicyclic) bond motifs is 2. The van der Waals surface area contributed by atoms with Crippen LogP contribution in [0.1, 0.15) is 5.56 Å². The zero-order chi connectivity index (χ0) is 18.9. The minimum atomic E-state index is 0.677. The van der Waals surface area contributed by atoms with Crippen molar-refractivity contribution >= 4 is 33.6 Å². The van der Waals surface area contributed by atoms with Crippen LogP contribution < -0.4 is 10.1 Å². The standard InChI is InChI=1S/C21H17N5OS/c1-27-18-5-4-15-10-14(2-3-16(15)11-18)12-22-19-6-7-20-23-24-21(26(20)25-19)17-8-9-28-13-17/h2-11,13H,12H2,1H3,(H,22,25). The molecule has 2 aromatic carbocycles. The molecule has 0 fully saturated rings. The van der Waals surface area contributed by atoms with E-state index in [-0.39, 0.29) is 0 Å². The van der Waals surface area contributed by atoms with Crippen molar-refractivity contribution in [2.75, 3.05) is 12.4 Å². The third-order valence-electron chi connectivity index (χ3n) is 4.63. The maximum Gasteiger partial charge on any atom is 0.186 e. The lowest BCUT2D eigenvalue weighted by Gasteiger charge is -2.08. The van der Waals surface area contributed by atoms with Gasteiger partial charge in [0.25, 0.3) is 0 Å². The zero-order valence-electron chi connectivity index (χ0n) is 15.2. The second kappa shape index (κ2) is 6.94. The average Bonchev–Trinajstić information content (AvgIpc) is 3.41.